The summed E-state index contributed by atoms with van der Waals surface area (Å²) in [6, 6.07) is -0.762. The average molecular weight is 175 g/mol. The van der Waals surface area contributed by atoms with Gasteiger partial charge in [0, 0.05) is 11.0 Å². The van der Waals surface area contributed by atoms with Crippen LogP contribution in [0, 0.1) is 0 Å². The minimum atomic E-state index is -0.950. The zero-order valence-corrected chi connectivity index (χ0v) is 7.30. The predicted molar refractivity (Wildman–Crippen MR) is 47.7 cm³/mol. The molecule has 0 saturated heterocycles. The smallest absolute Gasteiger partial charge is 0.321 e. The SMILES string of the molecule is C=CC(C)SC[C@@H](N)C(=O)O. The molecule has 3 N–H and O–H groups in total. The van der Waals surface area contributed by atoms with Crippen LogP contribution in [-0.4, -0.2) is 28.1 Å². The Morgan fingerprint density at radius 1 is 1.91 bits per heavy atom. The van der Waals surface area contributed by atoms with E-state index in [2.05, 4.69) is 6.58 Å². The molecule has 0 aliphatic rings. The molecule has 0 aromatic heterocycles. The van der Waals surface area contributed by atoms with Crippen LogP contribution in [-0.2, 0) is 4.79 Å². The molecule has 3 nitrogen and oxygen atoms in total. The van der Waals surface area contributed by atoms with Gasteiger partial charge < -0.3 is 10.8 Å². The summed E-state index contributed by atoms with van der Waals surface area (Å²) in [6.45, 7) is 5.52. The maximum Gasteiger partial charge on any atom is 0.321 e. The highest BCUT2D eigenvalue weighted by atomic mass is 32.2. The number of aliphatic carboxylic acids is 1. The van der Waals surface area contributed by atoms with E-state index >= 15 is 0 Å². The largest absolute Gasteiger partial charge is 0.480 e. The molecule has 0 amide bonds. The monoisotopic (exact) mass is 175 g/mol. The minimum Gasteiger partial charge on any atom is -0.480 e. The van der Waals surface area contributed by atoms with E-state index in [1.54, 1.807) is 6.08 Å². The summed E-state index contributed by atoms with van der Waals surface area (Å²) in [5.41, 5.74) is 5.26. The van der Waals surface area contributed by atoms with Crippen LogP contribution in [0.15, 0.2) is 12.7 Å². The molecule has 0 saturated carbocycles. The van der Waals surface area contributed by atoms with Gasteiger partial charge >= 0.3 is 5.97 Å². The van der Waals surface area contributed by atoms with E-state index in [0.717, 1.165) is 0 Å². The van der Waals surface area contributed by atoms with Gasteiger partial charge in [0.15, 0.2) is 0 Å². The summed E-state index contributed by atoms with van der Waals surface area (Å²) >= 11 is 1.49. The van der Waals surface area contributed by atoms with Crippen LogP contribution in [0.3, 0.4) is 0 Å². The molecular formula is C7H13NO2S. The lowest BCUT2D eigenvalue weighted by molar-refractivity contribution is -0.137. The third-order valence-corrected chi connectivity index (χ3v) is 2.46. The van der Waals surface area contributed by atoms with E-state index in [1.807, 2.05) is 6.92 Å². The Balaban J connectivity index is 3.53. The lowest BCUT2D eigenvalue weighted by atomic mass is 10.4. The van der Waals surface area contributed by atoms with Crippen molar-refractivity contribution in [3.8, 4) is 0 Å². The first-order valence-corrected chi connectivity index (χ1v) is 4.35. The molecule has 0 radical (unpaired) electrons. The number of carbonyl (C=O) groups is 1. The lowest BCUT2D eigenvalue weighted by Crippen LogP contribution is -2.32. The first-order chi connectivity index (χ1) is 5.07. The van der Waals surface area contributed by atoms with Crippen LogP contribution >= 0.6 is 11.8 Å². The van der Waals surface area contributed by atoms with Crippen LogP contribution in [0.5, 0.6) is 0 Å². The van der Waals surface area contributed by atoms with Crippen LogP contribution in [0.4, 0.5) is 0 Å². The summed E-state index contributed by atoms with van der Waals surface area (Å²) < 4.78 is 0. The molecule has 0 heterocycles. The maximum atomic E-state index is 10.2. The van der Waals surface area contributed by atoms with Gasteiger partial charge in [0.25, 0.3) is 0 Å². The summed E-state index contributed by atoms with van der Waals surface area (Å²) in [5, 5.41) is 8.67. The normalized spacial score (nSPS) is 15.5. The zero-order chi connectivity index (χ0) is 8.85. The van der Waals surface area contributed by atoms with Gasteiger partial charge in [0.05, 0.1) is 0 Å². The van der Waals surface area contributed by atoms with Crippen molar-refractivity contribution in [2.45, 2.75) is 18.2 Å². The van der Waals surface area contributed by atoms with Crippen LogP contribution in [0.25, 0.3) is 0 Å². The first-order valence-electron chi connectivity index (χ1n) is 3.30. The van der Waals surface area contributed by atoms with E-state index in [-0.39, 0.29) is 5.25 Å². The fourth-order valence-electron chi connectivity index (χ4n) is 0.395. The van der Waals surface area contributed by atoms with Gasteiger partial charge in [-0.15, -0.1) is 6.58 Å². The second-order valence-electron chi connectivity index (χ2n) is 2.22. The highest BCUT2D eigenvalue weighted by Crippen LogP contribution is 2.11. The Kier molecular flexibility index (Phi) is 4.98. The van der Waals surface area contributed by atoms with Gasteiger partial charge in [0.2, 0.25) is 0 Å². The quantitative estimate of drug-likeness (QED) is 0.604. The van der Waals surface area contributed by atoms with Crippen molar-refractivity contribution in [2.75, 3.05) is 5.75 Å². The number of thioether (sulfide) groups is 1. The van der Waals surface area contributed by atoms with E-state index in [4.69, 9.17) is 10.8 Å². The number of nitrogens with two attached hydrogens (primary N) is 1. The summed E-state index contributed by atoms with van der Waals surface area (Å²) in [6.07, 6.45) is 1.76. The van der Waals surface area contributed by atoms with Crippen LogP contribution < -0.4 is 5.73 Å². The summed E-state index contributed by atoms with van der Waals surface area (Å²) in [4.78, 5) is 10.2. The number of hydrogen-bond donors (Lipinski definition) is 2. The highest BCUT2D eigenvalue weighted by Gasteiger charge is 2.11. The number of hydrogen-bond acceptors (Lipinski definition) is 3. The van der Waals surface area contributed by atoms with Gasteiger partial charge in [-0.2, -0.15) is 11.8 Å². The van der Waals surface area contributed by atoms with Crippen molar-refractivity contribution in [2.24, 2.45) is 5.73 Å². The topological polar surface area (TPSA) is 63.3 Å². The average Bonchev–Trinajstić information content (AvgIpc) is 1.99. The molecule has 4 heteroatoms. The molecule has 0 bridgehead atoms. The Hall–Kier alpha value is -0.480. The minimum absolute atomic E-state index is 0.264. The molecule has 64 valence electrons. The van der Waals surface area contributed by atoms with E-state index in [0.29, 0.717) is 5.75 Å². The maximum absolute atomic E-state index is 10.2. The highest BCUT2D eigenvalue weighted by molar-refractivity contribution is 8.00. The second-order valence-corrected chi connectivity index (χ2v) is 3.63. The van der Waals surface area contributed by atoms with Gasteiger partial charge in [-0.25, -0.2) is 0 Å². The van der Waals surface area contributed by atoms with Crippen molar-refractivity contribution >= 4 is 17.7 Å². The van der Waals surface area contributed by atoms with Gasteiger partial charge in [-0.05, 0) is 6.92 Å². The Bertz CT molecular complexity index is 149. The standard InChI is InChI=1S/C7H13NO2S/c1-3-5(2)11-4-6(8)7(9)10/h3,5-6H,1,4,8H2,2H3,(H,9,10)/t5?,6-/m1/s1. The zero-order valence-electron chi connectivity index (χ0n) is 6.49. The Morgan fingerprint density at radius 3 is 2.82 bits per heavy atom. The van der Waals surface area contributed by atoms with Gasteiger partial charge in [0.1, 0.15) is 6.04 Å². The summed E-state index contributed by atoms with van der Waals surface area (Å²) in [5.74, 6) is -0.517. The predicted octanol–water partition coefficient (Wildman–Crippen LogP) is 0.706. The Morgan fingerprint density at radius 2 is 2.45 bits per heavy atom. The molecule has 2 atom stereocenters. The first kappa shape index (κ1) is 10.5. The van der Waals surface area contributed by atoms with Gasteiger partial charge in [-0.3, -0.25) is 4.79 Å². The fraction of sp³-hybridized carbons (Fsp3) is 0.571. The fourth-order valence-corrected chi connectivity index (χ4v) is 1.18. The Labute approximate surface area is 70.7 Å². The second kappa shape index (κ2) is 5.21. The van der Waals surface area contributed by atoms with Crippen molar-refractivity contribution in [3.63, 3.8) is 0 Å². The van der Waals surface area contributed by atoms with E-state index in [9.17, 15) is 4.79 Å². The van der Waals surface area contributed by atoms with Crippen LogP contribution in [0.2, 0.25) is 0 Å². The molecule has 0 aromatic carbocycles. The molecule has 0 aromatic rings. The number of carboxylic acid groups (broad SMARTS) is 1. The molecule has 0 spiro atoms. The van der Waals surface area contributed by atoms with Crippen molar-refractivity contribution in [3.05, 3.63) is 12.7 Å². The van der Waals surface area contributed by atoms with E-state index < -0.39 is 12.0 Å². The third kappa shape index (κ3) is 4.86. The molecular weight excluding hydrogens is 162 g/mol. The van der Waals surface area contributed by atoms with E-state index in [1.165, 1.54) is 11.8 Å². The molecule has 0 fully saturated rings. The molecule has 0 rings (SSSR count). The number of rotatable bonds is 5. The lowest BCUT2D eigenvalue weighted by Gasteiger charge is -2.08. The van der Waals surface area contributed by atoms with Crippen LogP contribution in [0.1, 0.15) is 6.92 Å². The van der Waals surface area contributed by atoms with Crippen molar-refractivity contribution < 1.29 is 9.90 Å². The molecule has 0 aliphatic carbocycles. The summed E-state index contributed by atoms with van der Waals surface area (Å²) in [7, 11) is 0. The van der Waals surface area contributed by atoms with Crippen molar-refractivity contribution in [1.82, 2.24) is 0 Å². The number of carboxylic acids is 1. The molecule has 1 unspecified atom stereocenters. The third-order valence-electron chi connectivity index (χ3n) is 1.19. The molecule has 11 heavy (non-hydrogen) atoms. The van der Waals surface area contributed by atoms with Gasteiger partial charge in [-0.1, -0.05) is 6.08 Å². The van der Waals surface area contributed by atoms with Crippen molar-refractivity contribution in [1.29, 1.82) is 0 Å². The molecule has 0 aliphatic heterocycles.